The second-order valence-electron chi connectivity index (χ2n) is 5.67. The summed E-state index contributed by atoms with van der Waals surface area (Å²) >= 11 is 0. The number of hydrogen-bond acceptors (Lipinski definition) is 2. The van der Waals surface area contributed by atoms with Gasteiger partial charge in [0.2, 0.25) is 0 Å². The van der Waals surface area contributed by atoms with Gasteiger partial charge in [-0.2, -0.15) is 0 Å². The molecule has 4 nitrogen and oxygen atoms in total. The lowest BCUT2D eigenvalue weighted by Gasteiger charge is -2.17. The molecule has 1 unspecified atom stereocenters. The molecule has 3 rings (SSSR count). The fourth-order valence-electron chi connectivity index (χ4n) is 2.45. The molecule has 0 aliphatic carbocycles. The highest BCUT2D eigenvalue weighted by Crippen LogP contribution is 2.47. The zero-order chi connectivity index (χ0) is 18.4. The van der Waals surface area contributed by atoms with Crippen LogP contribution in [0.15, 0.2) is 96.4 Å². The van der Waals surface area contributed by atoms with Gasteiger partial charge >= 0.3 is 0 Å². The summed E-state index contributed by atoms with van der Waals surface area (Å²) in [6.07, 6.45) is 1.54. The molecule has 0 bridgehead atoms. The first-order chi connectivity index (χ1) is 12.6. The second-order valence-corrected chi connectivity index (χ2v) is 7.82. The van der Waals surface area contributed by atoms with Gasteiger partial charge in [0, 0.05) is 10.9 Å². The quantitative estimate of drug-likeness (QED) is 0.673. The molecule has 0 heterocycles. The minimum Gasteiger partial charge on any atom is -0.337 e. The van der Waals surface area contributed by atoms with Crippen LogP contribution < -0.4 is 10.6 Å². The van der Waals surface area contributed by atoms with E-state index in [-0.39, 0.29) is 10.7 Å². The highest BCUT2D eigenvalue weighted by Gasteiger charge is 2.28. The number of hydrogen-bond donors (Lipinski definition) is 2. The predicted molar refractivity (Wildman–Crippen MR) is 104 cm³/mol. The molecule has 0 fully saturated rings. The van der Waals surface area contributed by atoms with Gasteiger partial charge in [-0.05, 0) is 35.9 Å². The lowest BCUT2D eigenvalue weighted by Crippen LogP contribution is -2.25. The van der Waals surface area contributed by atoms with Gasteiger partial charge in [-0.25, -0.2) is 0 Å². The summed E-state index contributed by atoms with van der Waals surface area (Å²) in [5, 5.41) is 2.89. The van der Waals surface area contributed by atoms with Crippen molar-refractivity contribution in [3.63, 3.8) is 0 Å². The van der Waals surface area contributed by atoms with Gasteiger partial charge in [0.25, 0.3) is 13.3 Å². The summed E-state index contributed by atoms with van der Waals surface area (Å²) in [6, 6.07) is 26.0. The van der Waals surface area contributed by atoms with E-state index in [2.05, 4.69) is 5.32 Å². The third-order valence-electron chi connectivity index (χ3n) is 3.81. The molecule has 0 aliphatic heterocycles. The van der Waals surface area contributed by atoms with Crippen molar-refractivity contribution >= 4 is 24.7 Å². The van der Waals surface area contributed by atoms with Crippen LogP contribution in [0.4, 0.5) is 0 Å². The van der Waals surface area contributed by atoms with Crippen LogP contribution in [-0.4, -0.2) is 10.8 Å². The molecule has 26 heavy (non-hydrogen) atoms. The standard InChI is InChI=1S/C21H18NO3P/c23-21(18-12-6-2-7-13-18)22-20(16-17-10-4-1-5-11-17)26(24,25)19-14-8-3-9-15-19/h1-16H,(H,22,23)(H,24,25)/b20-16+. The van der Waals surface area contributed by atoms with Crippen LogP contribution >= 0.6 is 7.37 Å². The molecule has 0 aliphatic rings. The van der Waals surface area contributed by atoms with Gasteiger partial charge in [-0.1, -0.05) is 66.7 Å². The Morgan fingerprint density at radius 2 is 1.31 bits per heavy atom. The van der Waals surface area contributed by atoms with Crippen LogP contribution in [0, 0.1) is 0 Å². The highest BCUT2D eigenvalue weighted by atomic mass is 31.2. The lowest BCUT2D eigenvalue weighted by molar-refractivity contribution is 0.0968. The minimum atomic E-state index is -3.97. The molecule has 0 saturated carbocycles. The Hall–Kier alpha value is -2.94. The number of amides is 1. The van der Waals surface area contributed by atoms with E-state index in [1.54, 1.807) is 72.8 Å². The summed E-state index contributed by atoms with van der Waals surface area (Å²) in [4.78, 5) is 23.3. The van der Waals surface area contributed by atoms with Crippen molar-refractivity contribution in [1.29, 1.82) is 0 Å². The normalized spacial score (nSPS) is 13.7. The number of carbonyl (C=O) groups excluding carboxylic acids is 1. The third-order valence-corrected chi connectivity index (χ3v) is 5.71. The summed E-state index contributed by atoms with van der Waals surface area (Å²) in [5.74, 6) is -0.432. The first-order valence-corrected chi connectivity index (χ1v) is 9.75. The smallest absolute Gasteiger partial charge is 0.274 e. The second kappa shape index (κ2) is 7.96. The molecule has 0 saturated heterocycles. The van der Waals surface area contributed by atoms with E-state index in [9.17, 15) is 14.3 Å². The maximum Gasteiger partial charge on any atom is 0.274 e. The van der Waals surface area contributed by atoms with Gasteiger partial charge in [-0.3, -0.25) is 9.36 Å². The van der Waals surface area contributed by atoms with Crippen molar-refractivity contribution in [3.05, 3.63) is 108 Å². The van der Waals surface area contributed by atoms with Gasteiger partial charge in [0.15, 0.2) is 0 Å². The van der Waals surface area contributed by atoms with Crippen molar-refractivity contribution in [2.24, 2.45) is 0 Å². The largest absolute Gasteiger partial charge is 0.337 e. The van der Waals surface area contributed by atoms with Crippen LogP contribution in [0.2, 0.25) is 0 Å². The Morgan fingerprint density at radius 3 is 1.88 bits per heavy atom. The number of carbonyl (C=O) groups is 1. The summed E-state index contributed by atoms with van der Waals surface area (Å²) < 4.78 is 13.2. The molecule has 1 amide bonds. The van der Waals surface area contributed by atoms with Gasteiger partial charge in [0.05, 0.1) is 0 Å². The van der Waals surface area contributed by atoms with E-state index >= 15 is 0 Å². The lowest BCUT2D eigenvalue weighted by atomic mass is 10.2. The Labute approximate surface area is 152 Å². The Balaban J connectivity index is 2.01. The molecule has 0 radical (unpaired) electrons. The first-order valence-electron chi connectivity index (χ1n) is 8.09. The van der Waals surface area contributed by atoms with Crippen molar-refractivity contribution in [1.82, 2.24) is 5.32 Å². The number of nitrogens with one attached hydrogen (secondary N) is 1. The average molecular weight is 363 g/mol. The number of benzene rings is 3. The molecule has 3 aromatic carbocycles. The van der Waals surface area contributed by atoms with E-state index < -0.39 is 13.3 Å². The molecule has 1 atom stereocenters. The first kappa shape index (κ1) is 17.9. The summed E-state index contributed by atoms with van der Waals surface area (Å²) in [5.41, 5.74) is 1.12. The van der Waals surface area contributed by atoms with Crippen LogP contribution in [0.5, 0.6) is 0 Å². The molecule has 2 N–H and O–H groups in total. The van der Waals surface area contributed by atoms with Gasteiger partial charge < -0.3 is 10.2 Å². The minimum absolute atomic E-state index is 0.0243. The molecule has 0 aromatic heterocycles. The molecule has 3 aromatic rings. The van der Waals surface area contributed by atoms with E-state index in [0.717, 1.165) is 5.56 Å². The summed E-state index contributed by atoms with van der Waals surface area (Å²) in [7, 11) is -3.97. The Kier molecular flexibility index (Phi) is 5.47. The van der Waals surface area contributed by atoms with Gasteiger partial charge in [0.1, 0.15) is 5.44 Å². The summed E-state index contributed by atoms with van der Waals surface area (Å²) in [6.45, 7) is 0. The molecule has 130 valence electrons. The van der Waals surface area contributed by atoms with Crippen LogP contribution in [0.3, 0.4) is 0 Å². The van der Waals surface area contributed by atoms with Crippen LogP contribution in [-0.2, 0) is 4.57 Å². The van der Waals surface area contributed by atoms with Gasteiger partial charge in [-0.15, -0.1) is 0 Å². The maximum absolute atomic E-state index is 13.2. The van der Waals surface area contributed by atoms with E-state index in [0.29, 0.717) is 5.56 Å². The molecular weight excluding hydrogens is 345 g/mol. The van der Waals surface area contributed by atoms with E-state index in [1.165, 1.54) is 6.08 Å². The molecule has 5 heteroatoms. The Bertz CT molecular complexity index is 954. The Morgan fingerprint density at radius 1 is 0.808 bits per heavy atom. The maximum atomic E-state index is 13.2. The molecule has 0 spiro atoms. The van der Waals surface area contributed by atoms with Crippen molar-refractivity contribution in [2.75, 3.05) is 0 Å². The fourth-order valence-corrected chi connectivity index (χ4v) is 3.89. The highest BCUT2D eigenvalue weighted by molar-refractivity contribution is 7.70. The SMILES string of the molecule is O=C(N/C(=C\c1ccccc1)P(=O)(O)c1ccccc1)c1ccccc1. The number of rotatable bonds is 5. The third kappa shape index (κ3) is 4.17. The topological polar surface area (TPSA) is 66.4 Å². The monoisotopic (exact) mass is 363 g/mol. The fraction of sp³-hybridized carbons (Fsp3) is 0. The zero-order valence-electron chi connectivity index (χ0n) is 13.9. The van der Waals surface area contributed by atoms with Crippen LogP contribution in [0.25, 0.3) is 6.08 Å². The average Bonchev–Trinajstić information content (AvgIpc) is 2.69. The van der Waals surface area contributed by atoms with E-state index in [1.807, 2.05) is 18.2 Å². The predicted octanol–water partition coefficient (Wildman–Crippen LogP) is 4.01. The van der Waals surface area contributed by atoms with Crippen molar-refractivity contribution in [2.45, 2.75) is 0 Å². The zero-order valence-corrected chi connectivity index (χ0v) is 14.8. The van der Waals surface area contributed by atoms with Crippen molar-refractivity contribution < 1.29 is 14.3 Å². The van der Waals surface area contributed by atoms with Crippen LogP contribution in [0.1, 0.15) is 15.9 Å². The van der Waals surface area contributed by atoms with E-state index in [4.69, 9.17) is 0 Å². The van der Waals surface area contributed by atoms with Crippen molar-refractivity contribution in [3.8, 4) is 0 Å². The molecular formula is C21H18NO3P.